The Morgan fingerprint density at radius 2 is 2.00 bits per heavy atom. The molecule has 0 aliphatic rings. The minimum atomic E-state index is -1.23. The number of benzene rings is 1. The van der Waals surface area contributed by atoms with Gasteiger partial charge in [-0.1, -0.05) is 23.7 Å². The van der Waals surface area contributed by atoms with Gasteiger partial charge in [-0.25, -0.2) is 4.21 Å². The minimum Gasteiger partial charge on any atom is -0.234 e. The zero-order chi connectivity index (χ0) is 12.3. The van der Waals surface area contributed by atoms with Gasteiger partial charge in [0.25, 0.3) is 0 Å². The van der Waals surface area contributed by atoms with E-state index in [1.807, 2.05) is 45.9 Å². The van der Waals surface area contributed by atoms with Crippen LogP contribution < -0.4 is 0 Å². The highest BCUT2D eigenvalue weighted by Gasteiger charge is 2.19. The Labute approximate surface area is 104 Å². The SMILES string of the molecule is C/C(=N\S(=O)C(C)(C)C)c1cccc(Cl)c1. The Balaban J connectivity index is 2.99. The number of halogens is 1. The molecule has 4 heteroatoms. The lowest BCUT2D eigenvalue weighted by molar-refractivity contribution is 0.650. The van der Waals surface area contributed by atoms with Crippen molar-refractivity contribution in [1.82, 2.24) is 0 Å². The summed E-state index contributed by atoms with van der Waals surface area (Å²) in [5.74, 6) is 0. The van der Waals surface area contributed by atoms with E-state index in [4.69, 9.17) is 11.6 Å². The first-order valence-electron chi connectivity index (χ1n) is 5.04. The van der Waals surface area contributed by atoms with Crippen molar-refractivity contribution < 1.29 is 4.21 Å². The molecule has 88 valence electrons. The Morgan fingerprint density at radius 1 is 1.38 bits per heavy atom. The second-order valence-electron chi connectivity index (χ2n) is 4.55. The molecule has 16 heavy (non-hydrogen) atoms. The van der Waals surface area contributed by atoms with Crippen LogP contribution in [0.5, 0.6) is 0 Å². The predicted molar refractivity (Wildman–Crippen MR) is 71.6 cm³/mol. The molecule has 1 atom stereocenters. The van der Waals surface area contributed by atoms with Crippen molar-refractivity contribution in [2.24, 2.45) is 4.40 Å². The summed E-state index contributed by atoms with van der Waals surface area (Å²) in [7, 11) is -1.23. The van der Waals surface area contributed by atoms with Gasteiger partial charge < -0.3 is 0 Å². The van der Waals surface area contributed by atoms with Crippen LogP contribution in [0.2, 0.25) is 5.02 Å². The van der Waals surface area contributed by atoms with Crippen molar-refractivity contribution >= 4 is 28.3 Å². The monoisotopic (exact) mass is 257 g/mol. The molecule has 0 fully saturated rings. The van der Waals surface area contributed by atoms with E-state index in [0.717, 1.165) is 11.3 Å². The quantitative estimate of drug-likeness (QED) is 0.745. The molecule has 2 nitrogen and oxygen atoms in total. The molecular weight excluding hydrogens is 242 g/mol. The van der Waals surface area contributed by atoms with Gasteiger partial charge in [0.1, 0.15) is 11.0 Å². The number of nitrogens with zero attached hydrogens (tertiary/aromatic N) is 1. The summed E-state index contributed by atoms with van der Waals surface area (Å²) < 4.78 is 15.7. The molecule has 0 aliphatic carbocycles. The van der Waals surface area contributed by atoms with E-state index in [-0.39, 0.29) is 4.75 Å². The second kappa shape index (κ2) is 5.11. The largest absolute Gasteiger partial charge is 0.234 e. The molecule has 0 aromatic heterocycles. The third kappa shape index (κ3) is 3.72. The third-order valence-corrected chi connectivity index (χ3v) is 3.71. The fourth-order valence-corrected chi connectivity index (χ4v) is 1.85. The Morgan fingerprint density at radius 3 is 2.50 bits per heavy atom. The van der Waals surface area contributed by atoms with Crippen molar-refractivity contribution in [1.29, 1.82) is 0 Å². The molecular formula is C12H16ClNOS. The molecule has 0 aliphatic heterocycles. The summed E-state index contributed by atoms with van der Waals surface area (Å²) in [6, 6.07) is 7.39. The van der Waals surface area contributed by atoms with Gasteiger partial charge in [-0.3, -0.25) is 0 Å². The van der Waals surface area contributed by atoms with Crippen molar-refractivity contribution in [3.05, 3.63) is 34.9 Å². The van der Waals surface area contributed by atoms with E-state index < -0.39 is 11.0 Å². The van der Waals surface area contributed by atoms with Gasteiger partial charge in [0.15, 0.2) is 0 Å². The molecule has 0 saturated heterocycles. The minimum absolute atomic E-state index is 0.333. The summed E-state index contributed by atoms with van der Waals surface area (Å²) in [4.78, 5) is 0. The van der Waals surface area contributed by atoms with Crippen LogP contribution in [-0.4, -0.2) is 14.7 Å². The first-order valence-corrected chi connectivity index (χ1v) is 6.52. The van der Waals surface area contributed by atoms with Gasteiger partial charge in [0.2, 0.25) is 0 Å². The van der Waals surface area contributed by atoms with Crippen LogP contribution in [0.4, 0.5) is 0 Å². The van der Waals surface area contributed by atoms with Crippen molar-refractivity contribution in [2.45, 2.75) is 32.4 Å². The fraction of sp³-hybridized carbons (Fsp3) is 0.417. The van der Waals surface area contributed by atoms with E-state index in [2.05, 4.69) is 4.40 Å². The van der Waals surface area contributed by atoms with Crippen molar-refractivity contribution in [3.8, 4) is 0 Å². The molecule has 1 rings (SSSR count). The highest BCUT2D eigenvalue weighted by molar-refractivity contribution is 7.85. The summed E-state index contributed by atoms with van der Waals surface area (Å²) >= 11 is 5.88. The molecule has 1 aromatic rings. The molecule has 0 bridgehead atoms. The average Bonchev–Trinajstić information content (AvgIpc) is 2.16. The lowest BCUT2D eigenvalue weighted by atomic mass is 10.1. The van der Waals surface area contributed by atoms with Crippen LogP contribution in [0.1, 0.15) is 33.3 Å². The van der Waals surface area contributed by atoms with Crippen LogP contribution in [0, 0.1) is 0 Å². The molecule has 0 radical (unpaired) electrons. The van der Waals surface area contributed by atoms with Crippen molar-refractivity contribution in [2.75, 3.05) is 0 Å². The number of rotatable bonds is 2. The lowest BCUT2D eigenvalue weighted by Gasteiger charge is -2.14. The molecule has 1 aromatic carbocycles. The van der Waals surface area contributed by atoms with E-state index in [1.165, 1.54) is 0 Å². The maximum absolute atomic E-state index is 11.8. The lowest BCUT2D eigenvalue weighted by Crippen LogP contribution is -2.20. The summed E-state index contributed by atoms with van der Waals surface area (Å²) in [6.45, 7) is 7.54. The molecule has 0 N–H and O–H groups in total. The summed E-state index contributed by atoms with van der Waals surface area (Å²) in [5, 5.41) is 0.661. The van der Waals surface area contributed by atoms with Gasteiger partial charge in [-0.15, -0.1) is 0 Å². The van der Waals surface area contributed by atoms with Crippen LogP contribution >= 0.6 is 11.6 Å². The normalized spacial score (nSPS) is 14.9. The van der Waals surface area contributed by atoms with Gasteiger partial charge in [-0.2, -0.15) is 4.40 Å². The highest BCUT2D eigenvalue weighted by atomic mass is 35.5. The van der Waals surface area contributed by atoms with Crippen molar-refractivity contribution in [3.63, 3.8) is 0 Å². The Bertz CT molecular complexity index is 435. The van der Waals surface area contributed by atoms with Gasteiger partial charge in [0, 0.05) is 5.02 Å². The maximum Gasteiger partial charge on any atom is 0.145 e. The fourth-order valence-electron chi connectivity index (χ4n) is 1.03. The molecule has 0 amide bonds. The van der Waals surface area contributed by atoms with Crippen LogP contribution in [-0.2, 0) is 11.0 Å². The molecule has 0 spiro atoms. The zero-order valence-electron chi connectivity index (χ0n) is 9.95. The summed E-state index contributed by atoms with van der Waals surface area (Å²) in [6.07, 6.45) is 0. The first kappa shape index (κ1) is 13.4. The smallest absolute Gasteiger partial charge is 0.145 e. The topological polar surface area (TPSA) is 29.4 Å². The van der Waals surface area contributed by atoms with Gasteiger partial charge in [-0.05, 0) is 45.4 Å². The molecule has 0 saturated carbocycles. The van der Waals surface area contributed by atoms with E-state index >= 15 is 0 Å². The predicted octanol–water partition coefficient (Wildman–Crippen LogP) is 3.61. The Kier molecular flexibility index (Phi) is 4.28. The third-order valence-electron chi connectivity index (χ3n) is 1.99. The van der Waals surface area contributed by atoms with Gasteiger partial charge in [0.05, 0.1) is 10.5 Å². The highest BCUT2D eigenvalue weighted by Crippen LogP contribution is 2.16. The van der Waals surface area contributed by atoms with E-state index in [1.54, 1.807) is 6.07 Å². The molecule has 1 unspecified atom stereocenters. The average molecular weight is 258 g/mol. The van der Waals surface area contributed by atoms with E-state index in [9.17, 15) is 4.21 Å². The summed E-state index contributed by atoms with van der Waals surface area (Å²) in [5.41, 5.74) is 1.65. The zero-order valence-corrected chi connectivity index (χ0v) is 11.5. The second-order valence-corrected chi connectivity index (χ2v) is 6.89. The maximum atomic E-state index is 11.8. The van der Waals surface area contributed by atoms with Gasteiger partial charge >= 0.3 is 0 Å². The molecule has 0 heterocycles. The van der Waals surface area contributed by atoms with Crippen LogP contribution in [0.3, 0.4) is 0 Å². The first-order chi connectivity index (χ1) is 7.30. The van der Waals surface area contributed by atoms with Crippen LogP contribution in [0.15, 0.2) is 28.7 Å². The number of hydrogen-bond acceptors (Lipinski definition) is 1. The van der Waals surface area contributed by atoms with Crippen LogP contribution in [0.25, 0.3) is 0 Å². The van der Waals surface area contributed by atoms with E-state index in [0.29, 0.717) is 5.02 Å². The number of hydrogen-bond donors (Lipinski definition) is 0. The Hall–Kier alpha value is -0.670. The standard InChI is InChI=1S/C12H16ClNOS/c1-9(14-16(15)12(2,3)4)10-6-5-7-11(13)8-10/h5-8H,1-4H3/b14-9+.